The van der Waals surface area contributed by atoms with Crippen LogP contribution in [-0.4, -0.2) is 26.9 Å². The van der Waals surface area contributed by atoms with E-state index in [9.17, 15) is 9.59 Å². The fourth-order valence-electron chi connectivity index (χ4n) is 5.05. The zero-order chi connectivity index (χ0) is 26.0. The second-order valence-electron chi connectivity index (χ2n) is 9.08. The maximum atomic E-state index is 14.0. The molecule has 0 fully saturated rings. The molecule has 4 rings (SSSR count). The topological polar surface area (TPSA) is 84.2 Å². The smallest absolute Gasteiger partial charge is 0.279 e. The van der Waals surface area contributed by atoms with E-state index < -0.39 is 5.91 Å². The van der Waals surface area contributed by atoms with Crippen molar-refractivity contribution in [2.24, 2.45) is 12.8 Å². The molecule has 0 bridgehead atoms. The number of nitrogens with two attached hydrogens (primary N) is 1. The van der Waals surface area contributed by atoms with E-state index in [-0.39, 0.29) is 5.56 Å². The van der Waals surface area contributed by atoms with Crippen molar-refractivity contribution in [3.63, 3.8) is 0 Å². The SMILES string of the molecule is CCCCc1c(-c2c(C)n(C)n(-c3ccccc3)c2=O)c(C(N)=O)c(C)n1Cc1ccccc1OC. The normalized spacial score (nSPS) is 11.1. The van der Waals surface area contributed by atoms with Crippen LogP contribution in [0.1, 0.15) is 52.8 Å². The van der Waals surface area contributed by atoms with Crippen molar-refractivity contribution in [1.82, 2.24) is 13.9 Å². The molecule has 0 radical (unpaired) electrons. The summed E-state index contributed by atoms with van der Waals surface area (Å²) in [6.07, 6.45) is 2.61. The molecule has 0 aliphatic heterocycles. The Hall–Kier alpha value is -4.00. The summed E-state index contributed by atoms with van der Waals surface area (Å²) in [5.41, 5.74) is 11.6. The quantitative estimate of drug-likeness (QED) is 0.370. The summed E-state index contributed by atoms with van der Waals surface area (Å²) >= 11 is 0. The van der Waals surface area contributed by atoms with Crippen molar-refractivity contribution in [2.45, 2.75) is 46.6 Å². The molecule has 0 unspecified atom stereocenters. The van der Waals surface area contributed by atoms with Crippen LogP contribution in [0.2, 0.25) is 0 Å². The first-order chi connectivity index (χ1) is 17.3. The summed E-state index contributed by atoms with van der Waals surface area (Å²) < 4.78 is 11.2. The van der Waals surface area contributed by atoms with Crippen LogP contribution in [0.25, 0.3) is 16.8 Å². The van der Waals surface area contributed by atoms with E-state index in [0.29, 0.717) is 29.7 Å². The number of amides is 1. The molecule has 7 heteroatoms. The number of aromatic nitrogens is 3. The molecule has 0 atom stereocenters. The van der Waals surface area contributed by atoms with Crippen LogP contribution >= 0.6 is 0 Å². The van der Waals surface area contributed by atoms with Gasteiger partial charge in [-0.05, 0) is 44.9 Å². The van der Waals surface area contributed by atoms with Crippen LogP contribution in [0.3, 0.4) is 0 Å². The van der Waals surface area contributed by atoms with Crippen molar-refractivity contribution < 1.29 is 9.53 Å². The number of carbonyl (C=O) groups is 1. The number of rotatable bonds is 9. The van der Waals surface area contributed by atoms with Crippen LogP contribution in [-0.2, 0) is 20.0 Å². The maximum Gasteiger partial charge on any atom is 0.279 e. The maximum absolute atomic E-state index is 14.0. The Morgan fingerprint density at radius 2 is 1.64 bits per heavy atom. The monoisotopic (exact) mass is 486 g/mol. The van der Waals surface area contributed by atoms with Gasteiger partial charge in [-0.1, -0.05) is 49.7 Å². The van der Waals surface area contributed by atoms with Gasteiger partial charge < -0.3 is 15.0 Å². The second kappa shape index (κ2) is 10.3. The van der Waals surface area contributed by atoms with Gasteiger partial charge in [-0.3, -0.25) is 14.3 Å². The van der Waals surface area contributed by atoms with Crippen LogP contribution < -0.4 is 16.0 Å². The van der Waals surface area contributed by atoms with Gasteiger partial charge in [0.05, 0.1) is 30.5 Å². The predicted octanol–water partition coefficient (Wildman–Crippen LogP) is 4.76. The minimum Gasteiger partial charge on any atom is -0.496 e. The number of para-hydroxylation sites is 2. The number of carbonyl (C=O) groups excluding carboxylic acids is 1. The summed E-state index contributed by atoms with van der Waals surface area (Å²) in [5.74, 6) is 0.240. The summed E-state index contributed by atoms with van der Waals surface area (Å²) in [4.78, 5) is 26.8. The molecule has 4 aromatic rings. The fraction of sp³-hybridized carbons (Fsp3) is 0.310. The van der Waals surface area contributed by atoms with E-state index in [2.05, 4.69) is 11.5 Å². The summed E-state index contributed by atoms with van der Waals surface area (Å²) in [7, 11) is 3.51. The molecule has 2 aromatic heterocycles. The minimum absolute atomic E-state index is 0.170. The minimum atomic E-state index is -0.534. The molecule has 0 spiro atoms. The highest BCUT2D eigenvalue weighted by molar-refractivity contribution is 6.02. The van der Waals surface area contributed by atoms with Gasteiger partial charge in [0.25, 0.3) is 11.5 Å². The van der Waals surface area contributed by atoms with Gasteiger partial charge in [0.2, 0.25) is 0 Å². The van der Waals surface area contributed by atoms with Crippen LogP contribution in [0.4, 0.5) is 0 Å². The van der Waals surface area contributed by atoms with Crippen molar-refractivity contribution >= 4 is 5.91 Å². The fourth-order valence-corrected chi connectivity index (χ4v) is 5.05. The van der Waals surface area contributed by atoms with Crippen molar-refractivity contribution in [3.8, 4) is 22.6 Å². The number of nitrogens with zero attached hydrogens (tertiary/aromatic N) is 3. The van der Waals surface area contributed by atoms with E-state index in [4.69, 9.17) is 10.5 Å². The van der Waals surface area contributed by atoms with Gasteiger partial charge in [-0.25, -0.2) is 4.68 Å². The Labute approximate surface area is 211 Å². The van der Waals surface area contributed by atoms with Crippen molar-refractivity contribution in [3.05, 3.63) is 93.2 Å². The Morgan fingerprint density at radius 3 is 2.28 bits per heavy atom. The highest BCUT2D eigenvalue weighted by atomic mass is 16.5. The van der Waals surface area contributed by atoms with Crippen LogP contribution in [0.5, 0.6) is 5.75 Å². The third-order valence-corrected chi connectivity index (χ3v) is 6.97. The van der Waals surface area contributed by atoms with Gasteiger partial charge in [-0.2, -0.15) is 0 Å². The Morgan fingerprint density at radius 1 is 0.972 bits per heavy atom. The van der Waals surface area contributed by atoms with Gasteiger partial charge >= 0.3 is 0 Å². The van der Waals surface area contributed by atoms with Gasteiger partial charge in [0, 0.05) is 35.3 Å². The first kappa shape index (κ1) is 25.1. The van der Waals surface area contributed by atoms with E-state index in [0.717, 1.165) is 46.9 Å². The lowest BCUT2D eigenvalue weighted by Gasteiger charge is -2.15. The number of ether oxygens (including phenoxy) is 1. The zero-order valence-electron chi connectivity index (χ0n) is 21.7. The lowest BCUT2D eigenvalue weighted by molar-refractivity contribution is 0.1000. The highest BCUT2D eigenvalue weighted by Gasteiger charge is 2.30. The molecule has 36 heavy (non-hydrogen) atoms. The molecule has 2 N–H and O–H groups in total. The number of hydrogen-bond acceptors (Lipinski definition) is 3. The molecule has 0 saturated carbocycles. The van der Waals surface area contributed by atoms with Crippen LogP contribution in [0, 0.1) is 13.8 Å². The number of benzene rings is 2. The first-order valence-corrected chi connectivity index (χ1v) is 12.3. The van der Waals surface area contributed by atoms with E-state index >= 15 is 0 Å². The standard InChI is InChI=1S/C29H34N4O3/c1-6-7-16-23-27(26-19(2)31(4)33(29(26)35)22-14-9-8-10-15-22)25(28(30)34)20(3)32(23)18-21-13-11-12-17-24(21)36-5/h8-15,17H,6-7,16,18H2,1-5H3,(H2,30,34). The molecule has 7 nitrogen and oxygen atoms in total. The third kappa shape index (κ3) is 4.26. The number of primary amides is 1. The average molecular weight is 487 g/mol. The van der Waals surface area contributed by atoms with E-state index in [1.165, 1.54) is 0 Å². The van der Waals surface area contributed by atoms with Crippen molar-refractivity contribution in [2.75, 3.05) is 7.11 Å². The molecule has 0 aliphatic rings. The summed E-state index contributed by atoms with van der Waals surface area (Å²) in [6.45, 7) is 6.46. The number of methoxy groups -OCH3 is 1. The second-order valence-corrected chi connectivity index (χ2v) is 9.08. The van der Waals surface area contributed by atoms with E-state index in [1.807, 2.05) is 80.2 Å². The largest absolute Gasteiger partial charge is 0.496 e. The van der Waals surface area contributed by atoms with Crippen molar-refractivity contribution in [1.29, 1.82) is 0 Å². The summed E-state index contributed by atoms with van der Waals surface area (Å²) in [6, 6.07) is 17.4. The molecule has 2 heterocycles. The highest BCUT2D eigenvalue weighted by Crippen LogP contribution is 2.35. The Balaban J connectivity index is 2.03. The molecular weight excluding hydrogens is 452 g/mol. The Kier molecular flexibility index (Phi) is 7.20. The molecule has 188 valence electrons. The third-order valence-electron chi connectivity index (χ3n) is 6.97. The zero-order valence-corrected chi connectivity index (χ0v) is 21.7. The Bertz CT molecular complexity index is 1460. The van der Waals surface area contributed by atoms with Gasteiger partial charge in [-0.15, -0.1) is 0 Å². The molecule has 0 aliphatic carbocycles. The molecule has 0 saturated heterocycles. The lowest BCUT2D eigenvalue weighted by Crippen LogP contribution is -2.21. The lowest BCUT2D eigenvalue weighted by atomic mass is 9.98. The van der Waals surface area contributed by atoms with Gasteiger partial charge in [0.1, 0.15) is 5.75 Å². The van der Waals surface area contributed by atoms with Crippen LogP contribution in [0.15, 0.2) is 59.4 Å². The van der Waals surface area contributed by atoms with E-state index in [1.54, 1.807) is 11.8 Å². The molecule has 1 amide bonds. The summed E-state index contributed by atoms with van der Waals surface area (Å²) in [5, 5.41) is 0. The molecule has 2 aromatic carbocycles. The predicted molar refractivity (Wildman–Crippen MR) is 143 cm³/mol. The van der Waals surface area contributed by atoms with Gasteiger partial charge in [0.15, 0.2) is 0 Å². The first-order valence-electron chi connectivity index (χ1n) is 12.3. The molecular formula is C29H34N4O3. The number of unbranched alkanes of at least 4 members (excludes halogenated alkanes) is 1. The number of hydrogen-bond donors (Lipinski definition) is 1. The average Bonchev–Trinajstić information content (AvgIpc) is 3.26.